The number of rotatable bonds is 2. The van der Waals surface area contributed by atoms with Gasteiger partial charge < -0.3 is 21.1 Å². The van der Waals surface area contributed by atoms with Crippen molar-refractivity contribution in [3.63, 3.8) is 0 Å². The van der Waals surface area contributed by atoms with Crippen molar-refractivity contribution in [3.8, 4) is 0 Å². The zero-order chi connectivity index (χ0) is 18.1. The molecule has 4 N–H and O–H groups in total. The second kappa shape index (κ2) is 5.66. The first-order valence-corrected chi connectivity index (χ1v) is 10.3. The van der Waals surface area contributed by atoms with Gasteiger partial charge in [0.2, 0.25) is 0 Å². The van der Waals surface area contributed by atoms with Gasteiger partial charge in [-0.05, 0) is 75.3 Å². The molecule has 5 nitrogen and oxygen atoms in total. The van der Waals surface area contributed by atoms with Gasteiger partial charge in [0.25, 0.3) is 0 Å². The van der Waals surface area contributed by atoms with Gasteiger partial charge in [-0.15, -0.1) is 0 Å². The third kappa shape index (κ3) is 2.44. The highest BCUT2D eigenvalue weighted by Gasteiger charge is 2.60. The minimum Gasteiger partial charge on any atom is -0.375 e. The lowest BCUT2D eigenvalue weighted by Crippen LogP contribution is -2.68. The van der Waals surface area contributed by atoms with Crippen LogP contribution in [0.5, 0.6) is 0 Å². The fraction of sp³-hybridized carbons (Fsp3) is 0.762. The Kier molecular flexibility index (Phi) is 3.70. The number of hydrogen-bond acceptors (Lipinski definition) is 5. The van der Waals surface area contributed by atoms with Gasteiger partial charge in [0.05, 0.1) is 12.7 Å². The van der Waals surface area contributed by atoms with E-state index < -0.39 is 0 Å². The Morgan fingerprint density at radius 2 is 1.88 bits per heavy atom. The first kappa shape index (κ1) is 17.0. The van der Waals surface area contributed by atoms with Crippen LogP contribution in [-0.2, 0) is 10.3 Å². The van der Waals surface area contributed by atoms with Crippen molar-refractivity contribution in [2.24, 2.45) is 29.2 Å². The van der Waals surface area contributed by atoms with Crippen LogP contribution in [0.2, 0.25) is 0 Å². The molecule has 0 radical (unpaired) electrons. The molecule has 4 bridgehead atoms. The summed E-state index contributed by atoms with van der Waals surface area (Å²) in [6.07, 6.45) is 6.12. The SMILES string of the molecule is Cc1nc(N2CCOC(C)C2)ccc1C1(N)C2CC3CC1CC(N)(C3)C2. The molecule has 1 aliphatic heterocycles. The Balaban J connectivity index is 1.47. The molecule has 142 valence electrons. The molecule has 1 aromatic rings. The summed E-state index contributed by atoms with van der Waals surface area (Å²) in [4.78, 5) is 7.32. The van der Waals surface area contributed by atoms with Crippen LogP contribution in [0, 0.1) is 24.7 Å². The molecule has 26 heavy (non-hydrogen) atoms. The maximum Gasteiger partial charge on any atom is 0.128 e. The number of aromatic nitrogens is 1. The molecule has 5 fully saturated rings. The number of pyridine rings is 1. The van der Waals surface area contributed by atoms with Gasteiger partial charge in [0, 0.05) is 29.9 Å². The molecule has 4 aliphatic carbocycles. The van der Waals surface area contributed by atoms with E-state index in [2.05, 4.69) is 30.9 Å². The summed E-state index contributed by atoms with van der Waals surface area (Å²) in [6, 6.07) is 4.45. The zero-order valence-electron chi connectivity index (χ0n) is 16.1. The molecule has 6 rings (SSSR count). The molecule has 0 spiro atoms. The van der Waals surface area contributed by atoms with E-state index in [1.54, 1.807) is 0 Å². The quantitative estimate of drug-likeness (QED) is 0.850. The average Bonchev–Trinajstić information content (AvgIpc) is 2.58. The Labute approximate surface area is 156 Å². The monoisotopic (exact) mass is 356 g/mol. The summed E-state index contributed by atoms with van der Waals surface area (Å²) >= 11 is 0. The fourth-order valence-electron chi connectivity index (χ4n) is 6.75. The minimum absolute atomic E-state index is 0.0462. The maximum absolute atomic E-state index is 7.19. The van der Waals surface area contributed by atoms with Crippen LogP contribution in [0.4, 0.5) is 5.82 Å². The Morgan fingerprint density at radius 1 is 1.15 bits per heavy atom. The van der Waals surface area contributed by atoms with E-state index in [1.165, 1.54) is 24.8 Å². The van der Waals surface area contributed by atoms with Gasteiger partial charge in [-0.25, -0.2) is 4.98 Å². The van der Waals surface area contributed by atoms with Crippen LogP contribution in [0.25, 0.3) is 0 Å². The van der Waals surface area contributed by atoms with Crippen molar-refractivity contribution in [3.05, 3.63) is 23.4 Å². The van der Waals surface area contributed by atoms with Crippen molar-refractivity contribution in [1.82, 2.24) is 4.98 Å². The Morgan fingerprint density at radius 3 is 2.50 bits per heavy atom. The highest BCUT2D eigenvalue weighted by molar-refractivity contribution is 5.45. The van der Waals surface area contributed by atoms with E-state index in [0.29, 0.717) is 11.8 Å². The predicted octanol–water partition coefficient (Wildman–Crippen LogP) is 2.31. The summed E-state index contributed by atoms with van der Waals surface area (Å²) < 4.78 is 5.67. The molecule has 5 aliphatic rings. The van der Waals surface area contributed by atoms with Crippen LogP contribution in [-0.4, -0.2) is 36.3 Å². The van der Waals surface area contributed by atoms with Gasteiger partial charge in [-0.2, -0.15) is 0 Å². The maximum atomic E-state index is 7.19. The van der Waals surface area contributed by atoms with Crippen LogP contribution in [0.15, 0.2) is 12.1 Å². The van der Waals surface area contributed by atoms with E-state index in [0.717, 1.165) is 50.0 Å². The van der Waals surface area contributed by atoms with Crippen molar-refractivity contribution in [1.29, 1.82) is 0 Å². The van der Waals surface area contributed by atoms with Crippen molar-refractivity contribution >= 4 is 5.82 Å². The van der Waals surface area contributed by atoms with Gasteiger partial charge in [-0.1, -0.05) is 6.07 Å². The molecule has 2 heterocycles. The third-order valence-electron chi connectivity index (χ3n) is 7.69. The van der Waals surface area contributed by atoms with E-state index in [1.807, 2.05) is 0 Å². The molecular weight excluding hydrogens is 324 g/mol. The number of aryl methyl sites for hydroxylation is 1. The van der Waals surface area contributed by atoms with Crippen molar-refractivity contribution < 1.29 is 4.74 Å². The second-order valence-electron chi connectivity index (χ2n) is 9.57. The summed E-state index contributed by atoms with van der Waals surface area (Å²) in [5.41, 5.74) is 16.1. The number of anilines is 1. The Bertz CT molecular complexity index is 704. The lowest BCUT2D eigenvalue weighted by Gasteiger charge is -2.63. The van der Waals surface area contributed by atoms with Gasteiger partial charge in [0.1, 0.15) is 5.82 Å². The first-order valence-electron chi connectivity index (χ1n) is 10.3. The molecule has 4 saturated carbocycles. The van der Waals surface area contributed by atoms with E-state index >= 15 is 0 Å². The van der Waals surface area contributed by atoms with E-state index in [9.17, 15) is 0 Å². The van der Waals surface area contributed by atoms with Crippen LogP contribution < -0.4 is 16.4 Å². The highest BCUT2D eigenvalue weighted by Crippen LogP contribution is 2.61. The third-order valence-corrected chi connectivity index (χ3v) is 7.69. The Hall–Kier alpha value is -1.17. The molecular formula is C21H32N4O. The second-order valence-corrected chi connectivity index (χ2v) is 9.57. The molecule has 1 aromatic heterocycles. The molecule has 3 unspecified atom stereocenters. The lowest BCUT2D eigenvalue weighted by molar-refractivity contribution is -0.0720. The molecule has 0 aromatic carbocycles. The normalized spacial score (nSPS) is 44.5. The summed E-state index contributed by atoms with van der Waals surface area (Å²) in [5, 5.41) is 0. The smallest absolute Gasteiger partial charge is 0.128 e. The summed E-state index contributed by atoms with van der Waals surface area (Å²) in [7, 11) is 0. The van der Waals surface area contributed by atoms with Crippen molar-refractivity contribution in [2.45, 2.75) is 63.1 Å². The van der Waals surface area contributed by atoms with Gasteiger partial charge in [0.15, 0.2) is 0 Å². The topological polar surface area (TPSA) is 77.4 Å². The number of nitrogens with zero attached hydrogens (tertiary/aromatic N) is 2. The predicted molar refractivity (Wildman–Crippen MR) is 103 cm³/mol. The van der Waals surface area contributed by atoms with E-state index in [4.69, 9.17) is 21.2 Å². The van der Waals surface area contributed by atoms with Crippen LogP contribution in [0.1, 0.15) is 50.3 Å². The largest absolute Gasteiger partial charge is 0.375 e. The molecule has 5 heteroatoms. The lowest BCUT2D eigenvalue weighted by atomic mass is 9.45. The van der Waals surface area contributed by atoms with Gasteiger partial charge in [-0.3, -0.25) is 0 Å². The zero-order valence-corrected chi connectivity index (χ0v) is 16.1. The standard InChI is InChI=1S/C21H32N4O/c1-13-12-25(5-6-26-13)19-4-3-18(14(2)24-19)21(23)16-7-15-8-17(21)11-20(22,9-15)10-16/h3-4,13,15-17H,5-12,22-23H2,1-2H3. The number of morpholine rings is 1. The molecule has 0 amide bonds. The van der Waals surface area contributed by atoms with Gasteiger partial charge >= 0.3 is 0 Å². The number of nitrogens with two attached hydrogens (primary N) is 2. The van der Waals surface area contributed by atoms with Crippen LogP contribution >= 0.6 is 0 Å². The number of hydrogen-bond donors (Lipinski definition) is 2. The molecule has 1 saturated heterocycles. The van der Waals surface area contributed by atoms with Crippen molar-refractivity contribution in [2.75, 3.05) is 24.6 Å². The molecule has 3 atom stereocenters. The summed E-state index contributed by atoms with van der Waals surface area (Å²) in [6.45, 7) is 6.85. The minimum atomic E-state index is -0.242. The van der Waals surface area contributed by atoms with E-state index in [-0.39, 0.29) is 17.2 Å². The summed E-state index contributed by atoms with van der Waals surface area (Å²) in [5.74, 6) is 2.86. The highest BCUT2D eigenvalue weighted by atomic mass is 16.5. The average molecular weight is 357 g/mol. The first-order chi connectivity index (χ1) is 12.4. The fourth-order valence-corrected chi connectivity index (χ4v) is 6.75. The van der Waals surface area contributed by atoms with Crippen LogP contribution in [0.3, 0.4) is 0 Å². The number of ether oxygens (including phenoxy) is 1.